The van der Waals surface area contributed by atoms with Crippen LogP contribution in [0.25, 0.3) is 0 Å². The van der Waals surface area contributed by atoms with Gasteiger partial charge in [0.25, 0.3) is 0 Å². The zero-order valence-corrected chi connectivity index (χ0v) is 12.9. The van der Waals surface area contributed by atoms with Gasteiger partial charge in [0.1, 0.15) is 5.82 Å². The summed E-state index contributed by atoms with van der Waals surface area (Å²) in [5.41, 5.74) is 8.20. The van der Waals surface area contributed by atoms with E-state index in [0.717, 1.165) is 11.1 Å². The van der Waals surface area contributed by atoms with E-state index in [9.17, 15) is 4.39 Å². The summed E-state index contributed by atoms with van der Waals surface area (Å²) in [4.78, 5) is 0. The highest BCUT2D eigenvalue weighted by atomic mass is 35.5. The molecule has 3 nitrogen and oxygen atoms in total. The summed E-state index contributed by atoms with van der Waals surface area (Å²) in [7, 11) is 3.11. The molecule has 21 heavy (non-hydrogen) atoms. The van der Waals surface area contributed by atoms with Gasteiger partial charge in [-0.25, -0.2) is 4.39 Å². The van der Waals surface area contributed by atoms with E-state index in [2.05, 4.69) is 0 Å². The number of rotatable bonds is 4. The largest absolute Gasteiger partial charge is 0.493 e. The van der Waals surface area contributed by atoms with Gasteiger partial charge in [0.05, 0.1) is 25.3 Å². The van der Waals surface area contributed by atoms with Gasteiger partial charge in [0.2, 0.25) is 0 Å². The van der Waals surface area contributed by atoms with Gasteiger partial charge in [-0.15, -0.1) is 0 Å². The van der Waals surface area contributed by atoms with E-state index in [-0.39, 0.29) is 5.02 Å². The zero-order chi connectivity index (χ0) is 15.6. The fourth-order valence-electron chi connectivity index (χ4n) is 2.26. The Bertz CT molecular complexity index is 661. The van der Waals surface area contributed by atoms with Gasteiger partial charge in [-0.05, 0) is 36.2 Å². The molecule has 5 heteroatoms. The second-order valence-electron chi connectivity index (χ2n) is 4.68. The summed E-state index contributed by atoms with van der Waals surface area (Å²) >= 11 is 5.82. The highest BCUT2D eigenvalue weighted by molar-refractivity contribution is 6.30. The number of halogens is 2. The molecule has 2 aromatic carbocycles. The highest BCUT2D eigenvalue weighted by Crippen LogP contribution is 2.35. The Hall–Kier alpha value is -1.78. The summed E-state index contributed by atoms with van der Waals surface area (Å²) < 4.78 is 24.6. The molecule has 0 aromatic heterocycles. The summed E-state index contributed by atoms with van der Waals surface area (Å²) in [6, 6.07) is 7.74. The predicted octanol–water partition coefficient (Wildman–Crippen LogP) is 3.85. The molecule has 1 atom stereocenters. The van der Waals surface area contributed by atoms with Crippen LogP contribution in [0.2, 0.25) is 5.02 Å². The molecule has 0 amide bonds. The van der Waals surface area contributed by atoms with Crippen LogP contribution in [0.15, 0.2) is 30.3 Å². The van der Waals surface area contributed by atoms with Crippen LogP contribution in [0.5, 0.6) is 11.5 Å². The molecule has 0 radical (unpaired) electrons. The first-order valence-corrected chi connectivity index (χ1v) is 6.79. The average Bonchev–Trinajstić information content (AvgIpc) is 2.49. The molecule has 0 aliphatic carbocycles. The quantitative estimate of drug-likeness (QED) is 0.933. The number of benzene rings is 2. The van der Waals surface area contributed by atoms with E-state index in [1.54, 1.807) is 32.4 Å². The molecule has 0 spiro atoms. The van der Waals surface area contributed by atoms with Gasteiger partial charge in [-0.2, -0.15) is 0 Å². The minimum absolute atomic E-state index is 0.0566. The van der Waals surface area contributed by atoms with Crippen molar-refractivity contribution in [3.8, 4) is 11.5 Å². The second kappa shape index (κ2) is 6.33. The van der Waals surface area contributed by atoms with Gasteiger partial charge in [0, 0.05) is 5.56 Å². The van der Waals surface area contributed by atoms with Crippen molar-refractivity contribution < 1.29 is 13.9 Å². The average molecular weight is 310 g/mol. The second-order valence-corrected chi connectivity index (χ2v) is 5.09. The number of hydrogen-bond donors (Lipinski definition) is 1. The van der Waals surface area contributed by atoms with Crippen molar-refractivity contribution in [2.45, 2.75) is 13.0 Å². The molecule has 0 saturated carbocycles. The highest BCUT2D eigenvalue weighted by Gasteiger charge is 2.19. The van der Waals surface area contributed by atoms with Crippen molar-refractivity contribution in [2.24, 2.45) is 5.73 Å². The molecular formula is C16H17ClFNO2. The first kappa shape index (κ1) is 15.6. The first-order chi connectivity index (χ1) is 9.99. The molecule has 2 rings (SSSR count). The number of aryl methyl sites for hydroxylation is 1. The SMILES string of the molecule is COc1cc(C)c(C(N)c2cccc(Cl)c2F)cc1OC. The molecular weight excluding hydrogens is 293 g/mol. The van der Waals surface area contributed by atoms with E-state index in [1.807, 2.05) is 13.0 Å². The monoisotopic (exact) mass is 309 g/mol. The van der Waals surface area contributed by atoms with Crippen LogP contribution in [0.3, 0.4) is 0 Å². The minimum atomic E-state index is -0.636. The number of methoxy groups -OCH3 is 2. The standard InChI is InChI=1S/C16H17ClFNO2/c1-9-7-13(20-2)14(21-3)8-11(9)16(19)10-5-4-6-12(17)15(10)18/h4-8,16H,19H2,1-3H3. The Kier molecular flexibility index (Phi) is 4.70. The van der Waals surface area contributed by atoms with E-state index < -0.39 is 11.9 Å². The molecule has 0 fully saturated rings. The first-order valence-electron chi connectivity index (χ1n) is 6.41. The van der Waals surface area contributed by atoms with E-state index in [0.29, 0.717) is 17.1 Å². The minimum Gasteiger partial charge on any atom is -0.493 e. The Balaban J connectivity index is 2.53. The normalized spacial score (nSPS) is 12.1. The molecule has 0 aliphatic rings. The zero-order valence-electron chi connectivity index (χ0n) is 12.1. The molecule has 0 bridgehead atoms. The van der Waals surface area contributed by atoms with Crippen LogP contribution in [0, 0.1) is 12.7 Å². The van der Waals surface area contributed by atoms with Gasteiger partial charge in [-0.1, -0.05) is 23.7 Å². The Labute approximate surface area is 128 Å². The van der Waals surface area contributed by atoms with E-state index in [4.69, 9.17) is 26.8 Å². The fourth-order valence-corrected chi connectivity index (χ4v) is 2.44. The summed E-state index contributed by atoms with van der Waals surface area (Å²) in [6.45, 7) is 1.89. The maximum Gasteiger partial charge on any atom is 0.161 e. The topological polar surface area (TPSA) is 44.5 Å². The Morgan fingerprint density at radius 3 is 2.33 bits per heavy atom. The van der Waals surface area contributed by atoms with Crippen molar-refractivity contribution >= 4 is 11.6 Å². The van der Waals surface area contributed by atoms with Crippen LogP contribution < -0.4 is 15.2 Å². The summed E-state index contributed by atoms with van der Waals surface area (Å²) in [5, 5.41) is 0.0566. The molecule has 2 N–H and O–H groups in total. The summed E-state index contributed by atoms with van der Waals surface area (Å²) in [6.07, 6.45) is 0. The van der Waals surface area contributed by atoms with E-state index in [1.165, 1.54) is 6.07 Å². The lowest BCUT2D eigenvalue weighted by Gasteiger charge is -2.19. The molecule has 1 unspecified atom stereocenters. The molecule has 0 heterocycles. The predicted molar refractivity (Wildman–Crippen MR) is 81.7 cm³/mol. The molecule has 112 valence electrons. The number of ether oxygens (including phenoxy) is 2. The van der Waals surface area contributed by atoms with Crippen LogP contribution in [0.4, 0.5) is 4.39 Å². The van der Waals surface area contributed by atoms with Crippen LogP contribution in [-0.2, 0) is 0 Å². The van der Waals surface area contributed by atoms with Gasteiger partial charge in [-0.3, -0.25) is 0 Å². The lowest BCUT2D eigenvalue weighted by Crippen LogP contribution is -2.15. The Morgan fingerprint density at radius 2 is 1.71 bits per heavy atom. The molecule has 0 saturated heterocycles. The maximum atomic E-state index is 14.1. The van der Waals surface area contributed by atoms with Gasteiger partial charge in [0.15, 0.2) is 11.5 Å². The summed E-state index contributed by atoms with van der Waals surface area (Å²) in [5.74, 6) is 0.661. The van der Waals surface area contributed by atoms with Crippen molar-refractivity contribution in [3.05, 3.63) is 57.9 Å². The van der Waals surface area contributed by atoms with Crippen LogP contribution in [-0.4, -0.2) is 14.2 Å². The van der Waals surface area contributed by atoms with Crippen molar-refractivity contribution in [3.63, 3.8) is 0 Å². The van der Waals surface area contributed by atoms with Crippen molar-refractivity contribution in [1.82, 2.24) is 0 Å². The van der Waals surface area contributed by atoms with Crippen molar-refractivity contribution in [1.29, 1.82) is 0 Å². The Morgan fingerprint density at radius 1 is 1.10 bits per heavy atom. The third kappa shape index (κ3) is 2.96. The van der Waals surface area contributed by atoms with Gasteiger partial charge >= 0.3 is 0 Å². The number of nitrogens with two attached hydrogens (primary N) is 1. The smallest absolute Gasteiger partial charge is 0.161 e. The fraction of sp³-hybridized carbons (Fsp3) is 0.250. The number of hydrogen-bond acceptors (Lipinski definition) is 3. The molecule has 2 aromatic rings. The molecule has 0 aliphatic heterocycles. The van der Waals surface area contributed by atoms with Crippen molar-refractivity contribution in [2.75, 3.05) is 14.2 Å². The van der Waals surface area contributed by atoms with Crippen LogP contribution >= 0.6 is 11.6 Å². The lowest BCUT2D eigenvalue weighted by atomic mass is 9.95. The third-order valence-electron chi connectivity index (χ3n) is 3.42. The van der Waals surface area contributed by atoms with E-state index >= 15 is 0 Å². The van der Waals surface area contributed by atoms with Gasteiger partial charge < -0.3 is 15.2 Å². The van der Waals surface area contributed by atoms with Crippen LogP contribution in [0.1, 0.15) is 22.7 Å². The third-order valence-corrected chi connectivity index (χ3v) is 3.72. The maximum absolute atomic E-state index is 14.1. The lowest BCUT2D eigenvalue weighted by molar-refractivity contribution is 0.354.